The highest BCUT2D eigenvalue weighted by Crippen LogP contribution is 2.23. The number of hydrogen-bond donors (Lipinski definition) is 2. The molecule has 70 valence electrons. The molecule has 4 nitrogen and oxygen atoms in total. The van der Waals surface area contributed by atoms with Gasteiger partial charge in [0.05, 0.1) is 0 Å². The zero-order valence-corrected chi connectivity index (χ0v) is 8.20. The number of hydrogen-bond acceptors (Lipinski definition) is 2. The Kier molecular flexibility index (Phi) is 3.73. The molecule has 1 atom stereocenters. The number of guanidine groups is 1. The molecular weight excluding hydrogens is 152 g/mol. The van der Waals surface area contributed by atoms with E-state index in [0.29, 0.717) is 5.92 Å². The predicted molar refractivity (Wildman–Crippen MR) is 52.9 cm³/mol. The minimum Gasteiger partial charge on any atom is -0.369 e. The lowest BCUT2D eigenvalue weighted by Gasteiger charge is -2.22. The van der Waals surface area contributed by atoms with E-state index in [-0.39, 0.29) is 11.4 Å². The molecule has 0 fully saturated rings. The van der Waals surface area contributed by atoms with E-state index in [4.69, 9.17) is 11.5 Å². The first-order valence-corrected chi connectivity index (χ1v) is 3.96. The van der Waals surface area contributed by atoms with Crippen molar-refractivity contribution >= 4 is 12.2 Å². The van der Waals surface area contributed by atoms with Crippen molar-refractivity contribution in [3.8, 4) is 0 Å². The lowest BCUT2D eigenvalue weighted by molar-refractivity contribution is 0.338. The second-order valence-electron chi connectivity index (χ2n) is 3.94. The van der Waals surface area contributed by atoms with Gasteiger partial charge in [-0.2, -0.15) is 5.10 Å². The van der Waals surface area contributed by atoms with E-state index in [1.165, 1.54) is 0 Å². The van der Waals surface area contributed by atoms with Gasteiger partial charge in [-0.1, -0.05) is 27.7 Å². The van der Waals surface area contributed by atoms with Gasteiger partial charge in [0.15, 0.2) is 0 Å². The molecule has 4 heteroatoms. The van der Waals surface area contributed by atoms with Crippen molar-refractivity contribution in [2.24, 2.45) is 33.0 Å². The van der Waals surface area contributed by atoms with E-state index in [2.05, 4.69) is 37.9 Å². The van der Waals surface area contributed by atoms with Crippen LogP contribution in [0.25, 0.3) is 0 Å². The number of rotatable bonds is 2. The molecule has 0 aromatic rings. The maximum absolute atomic E-state index is 5.10. The van der Waals surface area contributed by atoms with E-state index < -0.39 is 0 Å². The Morgan fingerprint density at radius 1 is 1.33 bits per heavy atom. The first-order chi connectivity index (χ1) is 5.34. The van der Waals surface area contributed by atoms with Gasteiger partial charge < -0.3 is 11.5 Å². The summed E-state index contributed by atoms with van der Waals surface area (Å²) in [5.74, 6) is 0.341. The zero-order valence-electron chi connectivity index (χ0n) is 8.20. The van der Waals surface area contributed by atoms with Gasteiger partial charge in [0.25, 0.3) is 0 Å². The molecule has 0 saturated heterocycles. The second kappa shape index (κ2) is 4.09. The quantitative estimate of drug-likeness (QED) is 0.367. The fourth-order valence-corrected chi connectivity index (χ4v) is 0.424. The van der Waals surface area contributed by atoms with E-state index in [1.54, 1.807) is 6.21 Å². The van der Waals surface area contributed by atoms with Crippen LogP contribution < -0.4 is 11.5 Å². The molecule has 12 heavy (non-hydrogen) atoms. The summed E-state index contributed by atoms with van der Waals surface area (Å²) in [6.45, 7) is 8.49. The third-order valence-corrected chi connectivity index (χ3v) is 1.83. The Morgan fingerprint density at radius 3 is 2.17 bits per heavy atom. The summed E-state index contributed by atoms with van der Waals surface area (Å²) < 4.78 is 0. The van der Waals surface area contributed by atoms with Gasteiger partial charge in [-0.25, -0.2) is 0 Å². The van der Waals surface area contributed by atoms with Crippen molar-refractivity contribution in [2.45, 2.75) is 27.7 Å². The fourth-order valence-electron chi connectivity index (χ4n) is 0.424. The summed E-state index contributed by atoms with van der Waals surface area (Å²) in [6, 6.07) is 0. The monoisotopic (exact) mass is 170 g/mol. The summed E-state index contributed by atoms with van der Waals surface area (Å²) in [5, 5.41) is 7.27. The van der Waals surface area contributed by atoms with Crippen LogP contribution in [0.5, 0.6) is 0 Å². The van der Waals surface area contributed by atoms with E-state index in [9.17, 15) is 0 Å². The maximum Gasteiger partial charge on any atom is 0.211 e. The first kappa shape index (κ1) is 10.9. The SMILES string of the molecule is CC(/C=N/N=C(N)N)C(C)(C)C. The van der Waals surface area contributed by atoms with Gasteiger partial charge in [-0.15, -0.1) is 5.10 Å². The van der Waals surface area contributed by atoms with Crippen LogP contribution in [0.3, 0.4) is 0 Å². The summed E-state index contributed by atoms with van der Waals surface area (Å²) in [6.07, 6.45) is 1.75. The highest BCUT2D eigenvalue weighted by Gasteiger charge is 2.17. The smallest absolute Gasteiger partial charge is 0.211 e. The van der Waals surface area contributed by atoms with Gasteiger partial charge in [-0.3, -0.25) is 0 Å². The molecule has 0 bridgehead atoms. The van der Waals surface area contributed by atoms with Crippen molar-refractivity contribution < 1.29 is 0 Å². The zero-order chi connectivity index (χ0) is 9.78. The molecule has 0 aromatic heterocycles. The van der Waals surface area contributed by atoms with E-state index >= 15 is 0 Å². The van der Waals surface area contributed by atoms with Gasteiger partial charge in [0, 0.05) is 6.21 Å². The standard InChI is InChI=1S/C8H18N4/c1-6(8(2,3)4)5-11-12-7(9)10/h5-6H,1-4H3,(H4,9,10,12)/b11-5+. The normalized spacial score (nSPS) is 14.7. The minimum absolute atomic E-state index is 0.00707. The van der Waals surface area contributed by atoms with Crippen molar-refractivity contribution in [3.63, 3.8) is 0 Å². The Morgan fingerprint density at radius 2 is 1.83 bits per heavy atom. The Bertz CT molecular complexity index is 184. The van der Waals surface area contributed by atoms with Crippen molar-refractivity contribution in [1.29, 1.82) is 0 Å². The lowest BCUT2D eigenvalue weighted by atomic mass is 9.83. The predicted octanol–water partition coefficient (Wildman–Crippen LogP) is 0.928. The first-order valence-electron chi connectivity index (χ1n) is 3.96. The molecule has 0 saturated carbocycles. The molecule has 1 unspecified atom stereocenters. The minimum atomic E-state index is -0.00707. The van der Waals surface area contributed by atoms with Crippen molar-refractivity contribution in [3.05, 3.63) is 0 Å². The van der Waals surface area contributed by atoms with E-state index in [1.807, 2.05) is 0 Å². The van der Waals surface area contributed by atoms with Gasteiger partial charge in [0.1, 0.15) is 0 Å². The van der Waals surface area contributed by atoms with Crippen LogP contribution in [0.15, 0.2) is 10.2 Å². The molecule has 0 spiro atoms. The molecule has 0 aliphatic rings. The van der Waals surface area contributed by atoms with Crippen LogP contribution >= 0.6 is 0 Å². The van der Waals surface area contributed by atoms with Crippen LogP contribution in [0.1, 0.15) is 27.7 Å². The summed E-state index contributed by atoms with van der Waals surface area (Å²) >= 11 is 0. The van der Waals surface area contributed by atoms with Gasteiger partial charge in [0.2, 0.25) is 5.96 Å². The Hall–Kier alpha value is -1.06. The molecule has 0 amide bonds. The topological polar surface area (TPSA) is 76.8 Å². The molecule has 4 N–H and O–H groups in total. The summed E-state index contributed by atoms with van der Waals surface area (Å²) in [4.78, 5) is 0. The van der Waals surface area contributed by atoms with Crippen LogP contribution in [0, 0.1) is 11.3 Å². The average molecular weight is 170 g/mol. The molecule has 0 aliphatic heterocycles. The third-order valence-electron chi connectivity index (χ3n) is 1.83. The van der Waals surface area contributed by atoms with Crippen LogP contribution in [0.4, 0.5) is 0 Å². The van der Waals surface area contributed by atoms with Gasteiger partial charge >= 0.3 is 0 Å². The highest BCUT2D eigenvalue weighted by atomic mass is 15.3. The van der Waals surface area contributed by atoms with Crippen molar-refractivity contribution in [2.75, 3.05) is 0 Å². The molecule has 0 aromatic carbocycles. The van der Waals surface area contributed by atoms with Crippen LogP contribution in [0.2, 0.25) is 0 Å². The molecular formula is C8H18N4. The Balaban J connectivity index is 4.10. The highest BCUT2D eigenvalue weighted by molar-refractivity contribution is 5.76. The molecule has 0 aliphatic carbocycles. The third kappa shape index (κ3) is 4.71. The molecule has 0 heterocycles. The number of nitrogens with two attached hydrogens (primary N) is 2. The summed E-state index contributed by atoms with van der Waals surface area (Å²) in [5.41, 5.74) is 10.4. The van der Waals surface area contributed by atoms with Crippen LogP contribution in [-0.4, -0.2) is 12.2 Å². The lowest BCUT2D eigenvalue weighted by Crippen LogP contribution is -2.22. The van der Waals surface area contributed by atoms with E-state index in [0.717, 1.165) is 0 Å². The second-order valence-corrected chi connectivity index (χ2v) is 3.94. The largest absolute Gasteiger partial charge is 0.369 e. The average Bonchev–Trinajstić information content (AvgIpc) is 1.84. The Labute approximate surface area is 73.7 Å². The molecule has 0 rings (SSSR count). The number of nitrogens with zero attached hydrogens (tertiary/aromatic N) is 2. The van der Waals surface area contributed by atoms with Crippen LogP contribution in [-0.2, 0) is 0 Å². The summed E-state index contributed by atoms with van der Waals surface area (Å²) in [7, 11) is 0. The maximum atomic E-state index is 5.10. The van der Waals surface area contributed by atoms with Crippen molar-refractivity contribution in [1.82, 2.24) is 0 Å². The molecule has 0 radical (unpaired) electrons. The fraction of sp³-hybridized carbons (Fsp3) is 0.750. The van der Waals surface area contributed by atoms with Gasteiger partial charge in [-0.05, 0) is 11.3 Å².